The number of hydrogen-bond donors (Lipinski definition) is 1. The predicted octanol–water partition coefficient (Wildman–Crippen LogP) is 1.10. The maximum absolute atomic E-state index is 12.4. The third kappa shape index (κ3) is 5.21. The maximum Gasteiger partial charge on any atom is 0.320 e. The van der Waals surface area contributed by atoms with Crippen LogP contribution in [0.5, 0.6) is 0 Å². The molecule has 1 aliphatic heterocycles. The fourth-order valence-corrected chi connectivity index (χ4v) is 2.40. The molecule has 0 aromatic carbocycles. The summed E-state index contributed by atoms with van der Waals surface area (Å²) in [5.74, 6) is -0.816. The fraction of sp³-hybridized carbons (Fsp3) is 0.714. The Morgan fingerprint density at radius 2 is 2.05 bits per heavy atom. The third-order valence-corrected chi connectivity index (χ3v) is 3.33. The molecule has 1 rings (SSSR count). The second kappa shape index (κ2) is 8.58. The van der Waals surface area contributed by atoms with E-state index in [1.807, 2.05) is 16.7 Å². The minimum absolute atomic E-state index is 0.0314. The highest BCUT2D eigenvalue weighted by Crippen LogP contribution is 2.07. The standard InChI is InChI=1S/C14H25N3O3/c1-3-6-16(7-4-2)14(20)17-9-5-8-15(10-11-17)12-13(18)19/h3H,1,4-12H2,2H3,(H,18,19). The first-order chi connectivity index (χ1) is 9.58. The lowest BCUT2D eigenvalue weighted by atomic mass is 10.3. The van der Waals surface area contributed by atoms with Gasteiger partial charge in [0.2, 0.25) is 0 Å². The van der Waals surface area contributed by atoms with Gasteiger partial charge in [-0.05, 0) is 12.8 Å². The van der Waals surface area contributed by atoms with Crippen molar-refractivity contribution in [1.29, 1.82) is 0 Å². The largest absolute Gasteiger partial charge is 0.480 e. The number of aliphatic carboxylic acids is 1. The van der Waals surface area contributed by atoms with Gasteiger partial charge in [-0.15, -0.1) is 6.58 Å². The molecule has 0 saturated carbocycles. The highest BCUT2D eigenvalue weighted by Gasteiger charge is 2.23. The van der Waals surface area contributed by atoms with Crippen LogP contribution in [0.15, 0.2) is 12.7 Å². The minimum atomic E-state index is -0.816. The van der Waals surface area contributed by atoms with E-state index in [9.17, 15) is 9.59 Å². The van der Waals surface area contributed by atoms with Gasteiger partial charge in [0.25, 0.3) is 0 Å². The molecule has 0 bridgehead atoms. The minimum Gasteiger partial charge on any atom is -0.480 e. The Kier molecular flexibility index (Phi) is 7.08. The summed E-state index contributed by atoms with van der Waals surface area (Å²) in [6.07, 6.45) is 3.47. The Bertz CT molecular complexity index is 347. The lowest BCUT2D eigenvalue weighted by molar-refractivity contribution is -0.138. The second-order valence-corrected chi connectivity index (χ2v) is 5.03. The SMILES string of the molecule is C=CCN(CCC)C(=O)N1CCCN(CC(=O)O)CC1. The molecule has 1 heterocycles. The molecule has 1 fully saturated rings. The molecule has 0 aliphatic carbocycles. The molecule has 2 amide bonds. The molecule has 0 aromatic heterocycles. The average Bonchev–Trinajstić information content (AvgIpc) is 2.62. The molecular weight excluding hydrogens is 258 g/mol. The highest BCUT2D eigenvalue weighted by molar-refractivity contribution is 5.74. The lowest BCUT2D eigenvalue weighted by Crippen LogP contribution is -2.45. The van der Waals surface area contributed by atoms with E-state index in [1.54, 1.807) is 11.0 Å². The number of amides is 2. The number of urea groups is 1. The van der Waals surface area contributed by atoms with Crippen LogP contribution in [-0.2, 0) is 4.79 Å². The molecule has 1 aliphatic rings. The van der Waals surface area contributed by atoms with Crippen LogP contribution < -0.4 is 0 Å². The number of carboxylic acids is 1. The van der Waals surface area contributed by atoms with E-state index in [1.165, 1.54) is 0 Å². The summed E-state index contributed by atoms with van der Waals surface area (Å²) >= 11 is 0. The van der Waals surface area contributed by atoms with Crippen molar-refractivity contribution < 1.29 is 14.7 Å². The van der Waals surface area contributed by atoms with Gasteiger partial charge in [0, 0.05) is 39.3 Å². The van der Waals surface area contributed by atoms with Gasteiger partial charge < -0.3 is 14.9 Å². The molecule has 6 heteroatoms. The molecule has 1 saturated heterocycles. The molecule has 6 nitrogen and oxygen atoms in total. The highest BCUT2D eigenvalue weighted by atomic mass is 16.4. The Labute approximate surface area is 120 Å². The Hall–Kier alpha value is -1.56. The van der Waals surface area contributed by atoms with E-state index < -0.39 is 5.97 Å². The molecule has 0 unspecified atom stereocenters. The van der Waals surface area contributed by atoms with Gasteiger partial charge in [-0.3, -0.25) is 9.69 Å². The monoisotopic (exact) mass is 283 g/mol. The molecule has 0 radical (unpaired) electrons. The van der Waals surface area contributed by atoms with E-state index >= 15 is 0 Å². The first-order valence-electron chi connectivity index (χ1n) is 7.17. The average molecular weight is 283 g/mol. The van der Waals surface area contributed by atoms with Crippen LogP contribution in [0.3, 0.4) is 0 Å². The molecule has 1 N–H and O–H groups in total. The van der Waals surface area contributed by atoms with Gasteiger partial charge in [-0.25, -0.2) is 4.79 Å². The zero-order valence-corrected chi connectivity index (χ0v) is 12.3. The molecular formula is C14H25N3O3. The summed E-state index contributed by atoms with van der Waals surface area (Å²) in [7, 11) is 0. The van der Waals surface area contributed by atoms with Crippen molar-refractivity contribution >= 4 is 12.0 Å². The van der Waals surface area contributed by atoms with Gasteiger partial charge >= 0.3 is 12.0 Å². The van der Waals surface area contributed by atoms with E-state index in [0.29, 0.717) is 26.2 Å². The van der Waals surface area contributed by atoms with Crippen molar-refractivity contribution in [3.63, 3.8) is 0 Å². The van der Waals surface area contributed by atoms with Gasteiger partial charge in [0.05, 0.1) is 6.54 Å². The summed E-state index contributed by atoms with van der Waals surface area (Å²) in [4.78, 5) is 28.7. The Morgan fingerprint density at radius 3 is 2.65 bits per heavy atom. The predicted molar refractivity (Wildman–Crippen MR) is 77.7 cm³/mol. The summed E-state index contributed by atoms with van der Waals surface area (Å²) in [6.45, 7) is 9.68. The molecule has 0 spiro atoms. The number of carboxylic acid groups (broad SMARTS) is 1. The number of hydrogen-bond acceptors (Lipinski definition) is 3. The quantitative estimate of drug-likeness (QED) is 0.741. The zero-order valence-electron chi connectivity index (χ0n) is 12.3. The van der Waals surface area contributed by atoms with Gasteiger partial charge in [-0.2, -0.15) is 0 Å². The van der Waals surface area contributed by atoms with Crippen molar-refractivity contribution in [3.05, 3.63) is 12.7 Å². The normalized spacial score (nSPS) is 16.6. The van der Waals surface area contributed by atoms with Gasteiger partial charge in [0.15, 0.2) is 0 Å². The summed E-state index contributed by atoms with van der Waals surface area (Å²) < 4.78 is 0. The second-order valence-electron chi connectivity index (χ2n) is 5.03. The Morgan fingerprint density at radius 1 is 1.30 bits per heavy atom. The number of rotatable bonds is 6. The van der Waals surface area contributed by atoms with Crippen molar-refractivity contribution in [2.45, 2.75) is 19.8 Å². The van der Waals surface area contributed by atoms with Crippen LogP contribution >= 0.6 is 0 Å². The van der Waals surface area contributed by atoms with Crippen molar-refractivity contribution in [2.75, 3.05) is 45.8 Å². The van der Waals surface area contributed by atoms with Crippen LogP contribution in [0.2, 0.25) is 0 Å². The fourth-order valence-electron chi connectivity index (χ4n) is 2.40. The maximum atomic E-state index is 12.4. The lowest BCUT2D eigenvalue weighted by Gasteiger charge is -2.29. The van der Waals surface area contributed by atoms with E-state index in [-0.39, 0.29) is 12.6 Å². The van der Waals surface area contributed by atoms with Crippen LogP contribution in [0.25, 0.3) is 0 Å². The third-order valence-electron chi connectivity index (χ3n) is 3.33. The molecule has 20 heavy (non-hydrogen) atoms. The van der Waals surface area contributed by atoms with Crippen LogP contribution in [-0.4, -0.2) is 77.6 Å². The number of carbonyl (C=O) groups excluding carboxylic acids is 1. The first-order valence-corrected chi connectivity index (χ1v) is 7.17. The van der Waals surface area contributed by atoms with Crippen molar-refractivity contribution in [2.24, 2.45) is 0 Å². The number of carbonyl (C=O) groups is 2. The van der Waals surface area contributed by atoms with Crippen molar-refractivity contribution in [3.8, 4) is 0 Å². The Balaban J connectivity index is 2.55. The summed E-state index contributed by atoms with van der Waals surface area (Å²) in [5, 5.41) is 8.82. The summed E-state index contributed by atoms with van der Waals surface area (Å²) in [5.41, 5.74) is 0. The molecule has 0 aromatic rings. The van der Waals surface area contributed by atoms with E-state index in [0.717, 1.165) is 25.9 Å². The van der Waals surface area contributed by atoms with Crippen molar-refractivity contribution in [1.82, 2.24) is 14.7 Å². The molecule has 0 atom stereocenters. The molecule has 114 valence electrons. The van der Waals surface area contributed by atoms with Gasteiger partial charge in [0.1, 0.15) is 0 Å². The topological polar surface area (TPSA) is 64.1 Å². The number of nitrogens with zero attached hydrogens (tertiary/aromatic N) is 3. The smallest absolute Gasteiger partial charge is 0.320 e. The zero-order chi connectivity index (χ0) is 15.0. The first kappa shape index (κ1) is 16.5. The van der Waals surface area contributed by atoms with Crippen LogP contribution in [0.4, 0.5) is 4.79 Å². The summed E-state index contributed by atoms with van der Waals surface area (Å²) in [6, 6.07) is 0.0314. The van der Waals surface area contributed by atoms with Gasteiger partial charge in [-0.1, -0.05) is 13.0 Å². The van der Waals surface area contributed by atoms with Crippen LogP contribution in [0, 0.1) is 0 Å². The van der Waals surface area contributed by atoms with E-state index in [2.05, 4.69) is 6.58 Å². The van der Waals surface area contributed by atoms with E-state index in [4.69, 9.17) is 5.11 Å². The van der Waals surface area contributed by atoms with Crippen LogP contribution in [0.1, 0.15) is 19.8 Å².